The van der Waals surface area contributed by atoms with Gasteiger partial charge in [-0.15, -0.1) is 0 Å². The lowest BCUT2D eigenvalue weighted by Gasteiger charge is -2.29. The number of nitrogens with one attached hydrogen (secondary N) is 1. The summed E-state index contributed by atoms with van der Waals surface area (Å²) in [6.45, 7) is 3.02. The van der Waals surface area contributed by atoms with Crippen molar-refractivity contribution < 1.29 is 10.0 Å². The molecule has 0 aliphatic carbocycles. The van der Waals surface area contributed by atoms with Gasteiger partial charge in [0.05, 0.1) is 4.92 Å². The summed E-state index contributed by atoms with van der Waals surface area (Å²) < 4.78 is 0. The Balaban J connectivity index is 2.38. The Bertz CT molecular complexity index is 402. The third-order valence-corrected chi connectivity index (χ3v) is 2.63. The van der Waals surface area contributed by atoms with Crippen molar-refractivity contribution in [3.63, 3.8) is 0 Å². The molecule has 1 aliphatic rings. The zero-order chi connectivity index (χ0) is 11.5. The van der Waals surface area contributed by atoms with Gasteiger partial charge in [0.25, 0.3) is 0 Å². The highest BCUT2D eigenvalue weighted by Crippen LogP contribution is 2.36. The highest BCUT2D eigenvalue weighted by molar-refractivity contribution is 5.69. The zero-order valence-corrected chi connectivity index (χ0v) is 8.72. The Labute approximate surface area is 92.6 Å². The van der Waals surface area contributed by atoms with Gasteiger partial charge in [-0.3, -0.25) is 10.1 Å². The van der Waals surface area contributed by atoms with Crippen LogP contribution in [0.4, 0.5) is 11.4 Å². The van der Waals surface area contributed by atoms with E-state index in [0.29, 0.717) is 18.8 Å². The second-order valence-electron chi connectivity index (χ2n) is 3.64. The Morgan fingerprint density at radius 1 is 1.38 bits per heavy atom. The number of para-hydroxylation sites is 1. The van der Waals surface area contributed by atoms with Crippen molar-refractivity contribution >= 4 is 11.4 Å². The molecule has 0 bridgehead atoms. The molecule has 0 unspecified atom stereocenters. The quantitative estimate of drug-likeness (QED) is 0.570. The lowest BCUT2D eigenvalue weighted by molar-refractivity contribution is -0.385. The van der Waals surface area contributed by atoms with Gasteiger partial charge < -0.3 is 15.3 Å². The van der Waals surface area contributed by atoms with Crippen molar-refractivity contribution in [3.8, 4) is 5.75 Å². The van der Waals surface area contributed by atoms with Crippen molar-refractivity contribution in [1.29, 1.82) is 0 Å². The number of piperazine rings is 1. The second kappa shape index (κ2) is 4.36. The minimum Gasteiger partial charge on any atom is -0.502 e. The molecule has 6 heteroatoms. The Hall–Kier alpha value is -1.82. The molecule has 0 radical (unpaired) electrons. The van der Waals surface area contributed by atoms with Crippen LogP contribution in [0.1, 0.15) is 0 Å². The molecule has 0 amide bonds. The fourth-order valence-corrected chi connectivity index (χ4v) is 1.87. The summed E-state index contributed by atoms with van der Waals surface area (Å²) in [7, 11) is 0. The molecular formula is C10H13N3O3. The maximum absolute atomic E-state index is 10.9. The maximum Gasteiger partial charge on any atom is 0.333 e. The number of hydrogen-bond donors (Lipinski definition) is 2. The minimum absolute atomic E-state index is 0.204. The summed E-state index contributed by atoms with van der Waals surface area (Å²) >= 11 is 0. The van der Waals surface area contributed by atoms with Crippen molar-refractivity contribution in [1.82, 2.24) is 5.32 Å². The van der Waals surface area contributed by atoms with Crippen molar-refractivity contribution in [2.75, 3.05) is 31.1 Å². The monoisotopic (exact) mass is 223 g/mol. The average molecular weight is 223 g/mol. The molecule has 86 valence electrons. The predicted octanol–water partition coefficient (Wildman–Crippen LogP) is 0.710. The van der Waals surface area contributed by atoms with Gasteiger partial charge in [-0.25, -0.2) is 0 Å². The molecule has 1 aromatic carbocycles. The van der Waals surface area contributed by atoms with Crippen LogP contribution in [0.25, 0.3) is 0 Å². The first-order valence-corrected chi connectivity index (χ1v) is 5.12. The van der Waals surface area contributed by atoms with Crippen LogP contribution in [-0.4, -0.2) is 36.2 Å². The highest BCUT2D eigenvalue weighted by atomic mass is 16.6. The molecule has 0 aromatic heterocycles. The number of benzene rings is 1. The predicted molar refractivity (Wildman–Crippen MR) is 59.8 cm³/mol. The molecule has 1 aromatic rings. The molecule has 1 heterocycles. The van der Waals surface area contributed by atoms with Crippen LogP contribution in [0.2, 0.25) is 0 Å². The second-order valence-corrected chi connectivity index (χ2v) is 3.64. The molecule has 2 rings (SSSR count). The number of nitro benzene ring substituents is 1. The van der Waals surface area contributed by atoms with Crippen LogP contribution in [0.3, 0.4) is 0 Å². The van der Waals surface area contributed by atoms with Crippen LogP contribution < -0.4 is 10.2 Å². The summed E-state index contributed by atoms with van der Waals surface area (Å²) in [6.07, 6.45) is 0. The van der Waals surface area contributed by atoms with Gasteiger partial charge in [-0.1, -0.05) is 6.07 Å². The summed E-state index contributed by atoms with van der Waals surface area (Å²) in [5.74, 6) is -0.277. The molecule has 1 aliphatic heterocycles. The Morgan fingerprint density at radius 3 is 2.69 bits per heavy atom. The van der Waals surface area contributed by atoms with Gasteiger partial charge in [0.15, 0.2) is 5.75 Å². The molecule has 1 fully saturated rings. The number of rotatable bonds is 2. The van der Waals surface area contributed by atoms with E-state index in [2.05, 4.69) is 5.32 Å². The topological polar surface area (TPSA) is 78.6 Å². The summed E-state index contributed by atoms with van der Waals surface area (Å²) in [5.41, 5.74) is 0.288. The summed E-state index contributed by atoms with van der Waals surface area (Å²) in [4.78, 5) is 12.3. The Kier molecular flexibility index (Phi) is 2.91. The summed E-state index contributed by atoms with van der Waals surface area (Å²) in [5, 5.41) is 23.6. The number of nitro groups is 1. The van der Waals surface area contributed by atoms with Crippen molar-refractivity contribution in [3.05, 3.63) is 28.3 Å². The van der Waals surface area contributed by atoms with E-state index in [1.165, 1.54) is 6.07 Å². The minimum atomic E-state index is -0.535. The smallest absolute Gasteiger partial charge is 0.333 e. The number of anilines is 1. The molecular weight excluding hydrogens is 210 g/mol. The van der Waals surface area contributed by atoms with Crippen LogP contribution >= 0.6 is 0 Å². The normalized spacial score (nSPS) is 16.1. The zero-order valence-electron chi connectivity index (χ0n) is 8.72. The van der Waals surface area contributed by atoms with E-state index in [4.69, 9.17) is 0 Å². The largest absolute Gasteiger partial charge is 0.502 e. The first-order chi connectivity index (χ1) is 7.70. The van der Waals surface area contributed by atoms with Crippen molar-refractivity contribution in [2.45, 2.75) is 0 Å². The summed E-state index contributed by atoms with van der Waals surface area (Å²) in [6, 6.07) is 4.63. The van der Waals surface area contributed by atoms with Gasteiger partial charge in [0.1, 0.15) is 5.69 Å². The van der Waals surface area contributed by atoms with E-state index in [1.54, 1.807) is 12.1 Å². The third kappa shape index (κ3) is 1.92. The van der Waals surface area contributed by atoms with Crippen LogP contribution in [0, 0.1) is 10.1 Å². The Morgan fingerprint density at radius 2 is 2.06 bits per heavy atom. The highest BCUT2D eigenvalue weighted by Gasteiger charge is 2.24. The van der Waals surface area contributed by atoms with Crippen molar-refractivity contribution in [2.24, 2.45) is 0 Å². The first-order valence-electron chi connectivity index (χ1n) is 5.12. The lowest BCUT2D eigenvalue weighted by Crippen LogP contribution is -2.43. The first kappa shape index (κ1) is 10.7. The standard InChI is InChI=1S/C10H13N3O3/c14-9-3-1-2-8(10(9)13(15)16)12-6-4-11-5-7-12/h1-3,11,14H,4-7H2. The number of phenolic OH excluding ortho intramolecular Hbond substituents is 1. The van der Waals surface area contributed by atoms with E-state index < -0.39 is 4.92 Å². The van der Waals surface area contributed by atoms with Gasteiger partial charge in [0, 0.05) is 26.2 Å². The molecule has 1 saturated heterocycles. The molecule has 0 saturated carbocycles. The fraction of sp³-hybridized carbons (Fsp3) is 0.400. The van der Waals surface area contributed by atoms with E-state index in [9.17, 15) is 15.2 Å². The average Bonchev–Trinajstić information content (AvgIpc) is 2.29. The van der Waals surface area contributed by atoms with Gasteiger partial charge in [0.2, 0.25) is 0 Å². The number of aromatic hydroxyl groups is 1. The molecule has 0 atom stereocenters. The molecule has 2 N–H and O–H groups in total. The van der Waals surface area contributed by atoms with Crippen LogP contribution in [-0.2, 0) is 0 Å². The molecule has 16 heavy (non-hydrogen) atoms. The van der Waals surface area contributed by atoms with Gasteiger partial charge in [-0.2, -0.15) is 0 Å². The van der Waals surface area contributed by atoms with Gasteiger partial charge in [-0.05, 0) is 12.1 Å². The van der Waals surface area contributed by atoms with Crippen LogP contribution in [0.15, 0.2) is 18.2 Å². The fourth-order valence-electron chi connectivity index (χ4n) is 1.87. The van der Waals surface area contributed by atoms with E-state index in [1.807, 2.05) is 4.90 Å². The maximum atomic E-state index is 10.9. The number of phenols is 1. The SMILES string of the molecule is O=[N+]([O-])c1c(O)cccc1N1CCNCC1. The molecule has 6 nitrogen and oxygen atoms in total. The van der Waals surface area contributed by atoms with E-state index in [0.717, 1.165) is 13.1 Å². The molecule has 0 spiro atoms. The van der Waals surface area contributed by atoms with E-state index in [-0.39, 0.29) is 11.4 Å². The van der Waals surface area contributed by atoms with Crippen LogP contribution in [0.5, 0.6) is 5.75 Å². The third-order valence-electron chi connectivity index (χ3n) is 2.63. The van der Waals surface area contributed by atoms with E-state index >= 15 is 0 Å². The number of hydrogen-bond acceptors (Lipinski definition) is 5. The van der Waals surface area contributed by atoms with Gasteiger partial charge >= 0.3 is 5.69 Å². The number of nitrogens with zero attached hydrogens (tertiary/aromatic N) is 2. The lowest BCUT2D eigenvalue weighted by atomic mass is 10.2.